The van der Waals surface area contributed by atoms with E-state index in [2.05, 4.69) is 24.1 Å². The molecule has 2 N–H and O–H groups in total. The van der Waals surface area contributed by atoms with Gasteiger partial charge in [-0.2, -0.15) is 0 Å². The zero-order valence-corrected chi connectivity index (χ0v) is 14.9. The molecule has 1 aromatic rings. The number of nitrogens with zero attached hydrogens (tertiary/aromatic N) is 1. The zero-order valence-electron chi connectivity index (χ0n) is 14.1. The van der Waals surface area contributed by atoms with Gasteiger partial charge in [-0.05, 0) is 65.5 Å². The van der Waals surface area contributed by atoms with Gasteiger partial charge >= 0.3 is 0 Å². The van der Waals surface area contributed by atoms with Crippen LogP contribution in [0.3, 0.4) is 0 Å². The Morgan fingerprint density at radius 1 is 1.29 bits per heavy atom. The summed E-state index contributed by atoms with van der Waals surface area (Å²) in [4.78, 5) is 5.71. The average Bonchev–Trinajstić information content (AvgIpc) is 2.78. The van der Waals surface area contributed by atoms with Gasteiger partial charge in [-0.15, -0.1) is 11.3 Å². The minimum Gasteiger partial charge on any atom is -0.390 e. The molecule has 0 aliphatic rings. The third-order valence-electron chi connectivity index (χ3n) is 3.90. The number of hydrogen-bond acceptors (Lipinski definition) is 4. The maximum atomic E-state index is 9.69. The molecule has 1 atom stereocenters. The largest absolute Gasteiger partial charge is 0.390 e. The molecule has 1 aromatic heterocycles. The fourth-order valence-corrected chi connectivity index (χ4v) is 3.26. The Labute approximate surface area is 134 Å². The smallest absolute Gasteiger partial charge is 0.0797 e. The van der Waals surface area contributed by atoms with Crippen molar-refractivity contribution < 1.29 is 5.11 Å². The molecule has 0 fully saturated rings. The van der Waals surface area contributed by atoms with Crippen molar-refractivity contribution in [3.05, 3.63) is 16.1 Å². The summed E-state index contributed by atoms with van der Waals surface area (Å²) in [7, 11) is 0. The van der Waals surface area contributed by atoms with Crippen LogP contribution >= 0.6 is 11.3 Å². The van der Waals surface area contributed by atoms with Gasteiger partial charge in [-0.3, -0.25) is 0 Å². The summed E-state index contributed by atoms with van der Waals surface area (Å²) in [5, 5.41) is 13.2. The summed E-state index contributed by atoms with van der Waals surface area (Å²) in [6.45, 7) is 10.4. The first-order valence-corrected chi connectivity index (χ1v) is 9.08. The second-order valence-electron chi connectivity index (χ2n) is 6.81. The molecule has 0 aliphatic heterocycles. The Morgan fingerprint density at radius 3 is 2.67 bits per heavy atom. The predicted octanol–water partition coefficient (Wildman–Crippen LogP) is 3.94. The molecular weight excluding hydrogens is 280 g/mol. The number of aryl methyl sites for hydroxylation is 2. The summed E-state index contributed by atoms with van der Waals surface area (Å²) < 4.78 is 0. The summed E-state index contributed by atoms with van der Waals surface area (Å²) in [5.41, 5.74) is 2.63. The lowest BCUT2D eigenvalue weighted by atomic mass is 9.95. The predicted molar refractivity (Wildman–Crippen MR) is 92.0 cm³/mol. The molecular formula is C17H32N2OS. The lowest BCUT2D eigenvalue weighted by molar-refractivity contribution is 0.0669. The third-order valence-corrected chi connectivity index (χ3v) is 4.90. The van der Waals surface area contributed by atoms with Crippen molar-refractivity contribution in [1.82, 2.24) is 10.3 Å². The summed E-state index contributed by atoms with van der Waals surface area (Å²) in [5.74, 6) is 0.739. The van der Waals surface area contributed by atoms with E-state index in [1.54, 1.807) is 11.3 Å². The zero-order chi connectivity index (χ0) is 15.7. The Kier molecular flexibility index (Phi) is 8.45. The standard InChI is InChI=1S/C17H32N2OS/c1-14(7-5-10-17(3,4)20)9-12-18-11-6-8-16-15(2)19-13-21-16/h13-14,18,20H,5-12H2,1-4H3. The number of rotatable bonds is 11. The second-order valence-corrected chi connectivity index (χ2v) is 7.75. The molecule has 0 saturated carbocycles. The normalized spacial score (nSPS) is 13.6. The Bertz CT molecular complexity index is 384. The summed E-state index contributed by atoms with van der Waals surface area (Å²) in [6.07, 6.45) is 6.80. The van der Waals surface area contributed by atoms with Crippen molar-refractivity contribution in [2.45, 2.75) is 71.8 Å². The monoisotopic (exact) mass is 312 g/mol. The molecule has 0 aliphatic carbocycles. The number of hydrogen-bond donors (Lipinski definition) is 2. The molecule has 0 aromatic carbocycles. The van der Waals surface area contributed by atoms with Crippen LogP contribution in [0.25, 0.3) is 0 Å². The van der Waals surface area contributed by atoms with Gasteiger partial charge in [0.25, 0.3) is 0 Å². The van der Waals surface area contributed by atoms with Gasteiger partial charge in [0.1, 0.15) is 0 Å². The summed E-state index contributed by atoms with van der Waals surface area (Å²) in [6, 6.07) is 0. The molecule has 4 heteroatoms. The number of nitrogens with one attached hydrogen (secondary N) is 1. The van der Waals surface area contributed by atoms with Crippen LogP contribution in [-0.2, 0) is 6.42 Å². The van der Waals surface area contributed by atoms with Crippen molar-refractivity contribution in [3.63, 3.8) is 0 Å². The first-order chi connectivity index (χ1) is 9.88. The van der Waals surface area contributed by atoms with Crippen molar-refractivity contribution in [1.29, 1.82) is 0 Å². The minimum atomic E-state index is -0.507. The SMILES string of the molecule is Cc1ncsc1CCCNCCC(C)CCCC(C)(C)O. The van der Waals surface area contributed by atoms with Gasteiger partial charge in [0.15, 0.2) is 0 Å². The maximum absolute atomic E-state index is 9.69. The molecule has 0 spiro atoms. The molecule has 0 amide bonds. The number of aromatic nitrogens is 1. The molecule has 21 heavy (non-hydrogen) atoms. The maximum Gasteiger partial charge on any atom is 0.0797 e. The molecule has 0 saturated heterocycles. The van der Waals surface area contributed by atoms with E-state index in [9.17, 15) is 5.11 Å². The van der Waals surface area contributed by atoms with E-state index in [1.807, 2.05) is 19.4 Å². The molecule has 0 bridgehead atoms. The molecule has 1 rings (SSSR count). The first kappa shape index (κ1) is 18.6. The van der Waals surface area contributed by atoms with E-state index in [1.165, 1.54) is 29.8 Å². The Hall–Kier alpha value is -0.450. The average molecular weight is 313 g/mol. The summed E-state index contributed by atoms with van der Waals surface area (Å²) >= 11 is 1.77. The fraction of sp³-hybridized carbons (Fsp3) is 0.824. The van der Waals surface area contributed by atoms with Crippen LogP contribution in [0.2, 0.25) is 0 Å². The van der Waals surface area contributed by atoms with Crippen LogP contribution in [-0.4, -0.2) is 28.8 Å². The van der Waals surface area contributed by atoms with Crippen LogP contribution in [0.4, 0.5) is 0 Å². The minimum absolute atomic E-state index is 0.507. The van der Waals surface area contributed by atoms with E-state index in [0.29, 0.717) is 0 Å². The van der Waals surface area contributed by atoms with Gasteiger partial charge in [0.05, 0.1) is 16.8 Å². The van der Waals surface area contributed by atoms with Gasteiger partial charge in [-0.1, -0.05) is 19.8 Å². The highest BCUT2D eigenvalue weighted by molar-refractivity contribution is 7.09. The van der Waals surface area contributed by atoms with Gasteiger partial charge in [0.2, 0.25) is 0 Å². The van der Waals surface area contributed by atoms with Gasteiger partial charge in [-0.25, -0.2) is 4.98 Å². The first-order valence-electron chi connectivity index (χ1n) is 8.20. The van der Waals surface area contributed by atoms with E-state index < -0.39 is 5.60 Å². The van der Waals surface area contributed by atoms with Crippen LogP contribution in [0.5, 0.6) is 0 Å². The highest BCUT2D eigenvalue weighted by atomic mass is 32.1. The molecule has 1 unspecified atom stereocenters. The van der Waals surface area contributed by atoms with Crippen molar-refractivity contribution in [2.24, 2.45) is 5.92 Å². The highest BCUT2D eigenvalue weighted by Crippen LogP contribution is 2.17. The quantitative estimate of drug-likeness (QED) is 0.608. The molecule has 122 valence electrons. The fourth-order valence-electron chi connectivity index (χ4n) is 2.44. The van der Waals surface area contributed by atoms with E-state index in [4.69, 9.17) is 0 Å². The molecule has 1 heterocycles. The number of aliphatic hydroxyl groups is 1. The van der Waals surface area contributed by atoms with Crippen molar-refractivity contribution in [3.8, 4) is 0 Å². The Balaban J connectivity index is 1.95. The van der Waals surface area contributed by atoms with Crippen molar-refractivity contribution >= 4 is 11.3 Å². The highest BCUT2D eigenvalue weighted by Gasteiger charge is 2.12. The number of thiazole rings is 1. The van der Waals surface area contributed by atoms with Crippen LogP contribution in [0.15, 0.2) is 5.51 Å². The van der Waals surface area contributed by atoms with E-state index in [-0.39, 0.29) is 0 Å². The topological polar surface area (TPSA) is 45.2 Å². The molecule has 3 nitrogen and oxygen atoms in total. The third kappa shape index (κ3) is 9.22. The van der Waals surface area contributed by atoms with E-state index in [0.717, 1.165) is 38.3 Å². The van der Waals surface area contributed by atoms with Crippen LogP contribution < -0.4 is 5.32 Å². The van der Waals surface area contributed by atoms with Gasteiger partial charge < -0.3 is 10.4 Å². The molecule has 0 radical (unpaired) electrons. The van der Waals surface area contributed by atoms with Crippen LogP contribution in [0, 0.1) is 12.8 Å². The second kappa shape index (κ2) is 9.54. The van der Waals surface area contributed by atoms with E-state index >= 15 is 0 Å². The van der Waals surface area contributed by atoms with Crippen molar-refractivity contribution in [2.75, 3.05) is 13.1 Å². The lowest BCUT2D eigenvalue weighted by Gasteiger charge is -2.18. The van der Waals surface area contributed by atoms with Gasteiger partial charge in [0, 0.05) is 4.88 Å². The Morgan fingerprint density at radius 2 is 2.05 bits per heavy atom. The lowest BCUT2D eigenvalue weighted by Crippen LogP contribution is -2.20. The van der Waals surface area contributed by atoms with Crippen LogP contribution in [0.1, 0.15) is 63.4 Å².